The zero-order valence-electron chi connectivity index (χ0n) is 15.0. The minimum Gasteiger partial charge on any atom is -0.493 e. The third-order valence-corrected chi connectivity index (χ3v) is 5.05. The van der Waals surface area contributed by atoms with Crippen LogP contribution < -0.4 is 14.8 Å². The smallest absolute Gasteiger partial charge is 0.234 e. The molecule has 0 spiro atoms. The number of halogens is 2. The number of aromatic amines is 1. The van der Waals surface area contributed by atoms with Crippen LogP contribution in [0.2, 0.25) is 10.0 Å². The summed E-state index contributed by atoms with van der Waals surface area (Å²) in [6, 6.07) is 10.2. The standard InChI is InChI=1S/C18H16Cl2N4O3S/c1-26-14-6-4-11(8-15(14)27-2)21-16(25)9-28-18-22-17(23-24-18)12-5-3-10(19)7-13(12)20/h3-8H,9H2,1-2H3,(H,21,25)(H,22,23,24). The molecular formula is C18H16Cl2N4O3S. The lowest BCUT2D eigenvalue weighted by atomic mass is 10.2. The van der Waals surface area contributed by atoms with E-state index in [0.29, 0.717) is 43.8 Å². The van der Waals surface area contributed by atoms with Gasteiger partial charge in [-0.25, -0.2) is 4.98 Å². The molecule has 0 aliphatic carbocycles. The number of thioether (sulfide) groups is 1. The Morgan fingerprint density at radius 3 is 2.64 bits per heavy atom. The number of methoxy groups -OCH3 is 2. The van der Waals surface area contributed by atoms with Crippen LogP contribution in [0.5, 0.6) is 11.5 Å². The number of amides is 1. The first-order valence-electron chi connectivity index (χ1n) is 8.02. The molecule has 0 fully saturated rings. The molecule has 2 N–H and O–H groups in total. The van der Waals surface area contributed by atoms with Gasteiger partial charge in [0.05, 0.1) is 25.0 Å². The summed E-state index contributed by atoms with van der Waals surface area (Å²) in [4.78, 5) is 16.6. The highest BCUT2D eigenvalue weighted by atomic mass is 35.5. The van der Waals surface area contributed by atoms with Gasteiger partial charge in [-0.05, 0) is 30.3 Å². The second kappa shape index (κ2) is 9.18. The highest BCUT2D eigenvalue weighted by Gasteiger charge is 2.12. The minimum atomic E-state index is -0.201. The van der Waals surface area contributed by atoms with Gasteiger partial charge in [-0.15, -0.1) is 5.10 Å². The molecule has 7 nitrogen and oxygen atoms in total. The van der Waals surface area contributed by atoms with Crippen molar-refractivity contribution in [1.82, 2.24) is 15.2 Å². The van der Waals surface area contributed by atoms with Crippen LogP contribution in [0.25, 0.3) is 11.4 Å². The summed E-state index contributed by atoms with van der Waals surface area (Å²) in [5.74, 6) is 1.56. The Labute approximate surface area is 175 Å². The van der Waals surface area contributed by atoms with E-state index in [1.165, 1.54) is 18.9 Å². The quantitative estimate of drug-likeness (QED) is 0.526. The first-order valence-corrected chi connectivity index (χ1v) is 9.77. The molecule has 1 aromatic heterocycles. The summed E-state index contributed by atoms with van der Waals surface area (Å²) in [6.07, 6.45) is 0. The van der Waals surface area contributed by atoms with E-state index < -0.39 is 0 Å². The molecule has 146 valence electrons. The van der Waals surface area contributed by atoms with Crippen LogP contribution in [-0.2, 0) is 4.79 Å². The topological polar surface area (TPSA) is 89.1 Å². The molecule has 0 unspecified atom stereocenters. The molecule has 0 bridgehead atoms. The van der Waals surface area contributed by atoms with Gasteiger partial charge in [0, 0.05) is 22.3 Å². The Bertz CT molecular complexity index is 997. The fraction of sp³-hybridized carbons (Fsp3) is 0.167. The van der Waals surface area contributed by atoms with Crippen molar-refractivity contribution >= 4 is 46.6 Å². The number of hydrogen-bond donors (Lipinski definition) is 2. The molecular weight excluding hydrogens is 423 g/mol. The number of rotatable bonds is 7. The van der Waals surface area contributed by atoms with Crippen LogP contribution in [0.15, 0.2) is 41.6 Å². The lowest BCUT2D eigenvalue weighted by molar-refractivity contribution is -0.113. The third-order valence-electron chi connectivity index (χ3n) is 3.65. The van der Waals surface area contributed by atoms with E-state index in [1.807, 2.05) is 0 Å². The van der Waals surface area contributed by atoms with E-state index in [-0.39, 0.29) is 11.7 Å². The maximum Gasteiger partial charge on any atom is 0.234 e. The van der Waals surface area contributed by atoms with Crippen LogP contribution in [0.3, 0.4) is 0 Å². The molecule has 0 aliphatic rings. The fourth-order valence-corrected chi connectivity index (χ4v) is 3.45. The molecule has 0 saturated carbocycles. The zero-order valence-corrected chi connectivity index (χ0v) is 17.3. The van der Waals surface area contributed by atoms with Crippen molar-refractivity contribution in [2.24, 2.45) is 0 Å². The number of carbonyl (C=O) groups is 1. The Morgan fingerprint density at radius 2 is 1.93 bits per heavy atom. The Balaban J connectivity index is 1.60. The van der Waals surface area contributed by atoms with Crippen molar-refractivity contribution in [3.05, 3.63) is 46.4 Å². The van der Waals surface area contributed by atoms with Gasteiger partial charge in [0.2, 0.25) is 11.1 Å². The maximum atomic E-state index is 12.2. The molecule has 28 heavy (non-hydrogen) atoms. The summed E-state index contributed by atoms with van der Waals surface area (Å²) < 4.78 is 10.4. The van der Waals surface area contributed by atoms with Crippen LogP contribution in [0.1, 0.15) is 0 Å². The number of nitrogens with zero attached hydrogens (tertiary/aromatic N) is 2. The van der Waals surface area contributed by atoms with Gasteiger partial charge in [-0.1, -0.05) is 35.0 Å². The van der Waals surface area contributed by atoms with E-state index >= 15 is 0 Å². The Hall–Kier alpha value is -2.42. The van der Waals surface area contributed by atoms with Crippen LogP contribution in [-0.4, -0.2) is 41.1 Å². The summed E-state index contributed by atoms with van der Waals surface area (Å²) >= 11 is 13.3. The number of anilines is 1. The maximum absolute atomic E-state index is 12.2. The molecule has 0 saturated heterocycles. The molecule has 0 aliphatic heterocycles. The molecule has 1 heterocycles. The van der Waals surface area contributed by atoms with Crippen LogP contribution >= 0.6 is 35.0 Å². The van der Waals surface area contributed by atoms with E-state index in [0.717, 1.165) is 0 Å². The SMILES string of the molecule is COc1ccc(NC(=O)CSc2n[nH]c(-c3ccc(Cl)cc3Cl)n2)cc1OC. The highest BCUT2D eigenvalue weighted by Crippen LogP contribution is 2.30. The van der Waals surface area contributed by atoms with Gasteiger partial charge in [0.25, 0.3) is 0 Å². The van der Waals surface area contributed by atoms with Crippen molar-refractivity contribution in [2.45, 2.75) is 5.16 Å². The molecule has 2 aromatic carbocycles. The number of carbonyl (C=O) groups excluding carboxylic acids is 1. The van der Waals surface area contributed by atoms with Crippen LogP contribution in [0.4, 0.5) is 5.69 Å². The van der Waals surface area contributed by atoms with E-state index in [4.69, 9.17) is 32.7 Å². The average molecular weight is 439 g/mol. The molecule has 0 atom stereocenters. The molecule has 10 heteroatoms. The number of nitrogens with one attached hydrogen (secondary N) is 2. The second-order valence-electron chi connectivity index (χ2n) is 5.50. The summed E-state index contributed by atoms with van der Waals surface area (Å²) in [7, 11) is 3.09. The zero-order chi connectivity index (χ0) is 20.1. The lowest BCUT2D eigenvalue weighted by Gasteiger charge is -2.10. The summed E-state index contributed by atoms with van der Waals surface area (Å²) in [6.45, 7) is 0. The predicted octanol–water partition coefficient (Wildman–Crippen LogP) is 4.53. The van der Waals surface area contributed by atoms with Crippen molar-refractivity contribution in [3.63, 3.8) is 0 Å². The highest BCUT2D eigenvalue weighted by molar-refractivity contribution is 7.99. The molecule has 0 radical (unpaired) electrons. The number of aromatic nitrogens is 3. The number of H-pyrrole nitrogens is 1. The fourth-order valence-electron chi connectivity index (χ4n) is 2.35. The normalized spacial score (nSPS) is 10.6. The van der Waals surface area contributed by atoms with E-state index in [2.05, 4.69) is 20.5 Å². The van der Waals surface area contributed by atoms with E-state index in [1.54, 1.807) is 43.5 Å². The first-order chi connectivity index (χ1) is 13.5. The summed E-state index contributed by atoms with van der Waals surface area (Å²) in [5.41, 5.74) is 1.28. The van der Waals surface area contributed by atoms with Crippen molar-refractivity contribution in [2.75, 3.05) is 25.3 Å². The van der Waals surface area contributed by atoms with Gasteiger partial charge >= 0.3 is 0 Å². The molecule has 3 aromatic rings. The number of ether oxygens (including phenoxy) is 2. The monoisotopic (exact) mass is 438 g/mol. The van der Waals surface area contributed by atoms with Crippen molar-refractivity contribution in [3.8, 4) is 22.9 Å². The van der Waals surface area contributed by atoms with Crippen LogP contribution in [0, 0.1) is 0 Å². The van der Waals surface area contributed by atoms with Gasteiger partial charge in [-0.2, -0.15) is 0 Å². The van der Waals surface area contributed by atoms with Crippen molar-refractivity contribution in [1.29, 1.82) is 0 Å². The predicted molar refractivity (Wildman–Crippen MR) is 111 cm³/mol. The molecule has 1 amide bonds. The third kappa shape index (κ3) is 4.89. The molecule has 3 rings (SSSR count). The Morgan fingerprint density at radius 1 is 1.14 bits per heavy atom. The largest absolute Gasteiger partial charge is 0.493 e. The van der Waals surface area contributed by atoms with Crippen molar-refractivity contribution < 1.29 is 14.3 Å². The first kappa shape index (κ1) is 20.3. The summed E-state index contributed by atoms with van der Waals surface area (Å²) in [5, 5.41) is 11.1. The number of hydrogen-bond acceptors (Lipinski definition) is 6. The lowest BCUT2D eigenvalue weighted by Crippen LogP contribution is -2.14. The van der Waals surface area contributed by atoms with E-state index in [9.17, 15) is 4.79 Å². The second-order valence-corrected chi connectivity index (χ2v) is 7.28. The average Bonchev–Trinajstić information content (AvgIpc) is 3.15. The van der Waals surface area contributed by atoms with Gasteiger partial charge < -0.3 is 14.8 Å². The Kier molecular flexibility index (Phi) is 6.66. The number of benzene rings is 2. The van der Waals surface area contributed by atoms with Gasteiger partial charge in [0.15, 0.2) is 17.3 Å². The van der Waals surface area contributed by atoms with Gasteiger partial charge in [0.1, 0.15) is 0 Å². The minimum absolute atomic E-state index is 0.139. The van der Waals surface area contributed by atoms with Gasteiger partial charge in [-0.3, -0.25) is 9.89 Å².